The molecule has 0 aromatic rings. The highest BCUT2D eigenvalue weighted by atomic mass is 32.2. The van der Waals surface area contributed by atoms with Crippen LogP contribution in [0.3, 0.4) is 0 Å². The number of rotatable bonds is 3. The lowest BCUT2D eigenvalue weighted by atomic mass is 10.2. The van der Waals surface area contributed by atoms with Gasteiger partial charge in [-0.25, -0.2) is 0 Å². The van der Waals surface area contributed by atoms with Crippen LogP contribution >= 0.6 is 23.5 Å². The minimum Gasteiger partial charge on any atom is -0.362 e. The molecule has 0 spiro atoms. The van der Waals surface area contributed by atoms with Crippen LogP contribution in [0.5, 0.6) is 0 Å². The van der Waals surface area contributed by atoms with Gasteiger partial charge < -0.3 is 5.32 Å². The van der Waals surface area contributed by atoms with Gasteiger partial charge >= 0.3 is 0 Å². The minimum atomic E-state index is 0.482. The quantitative estimate of drug-likeness (QED) is 0.809. The van der Waals surface area contributed by atoms with Gasteiger partial charge in [-0.15, -0.1) is 0 Å². The van der Waals surface area contributed by atoms with Crippen molar-refractivity contribution in [1.82, 2.24) is 5.32 Å². The van der Waals surface area contributed by atoms with Gasteiger partial charge in [-0.1, -0.05) is 18.7 Å². The third kappa shape index (κ3) is 4.13. The van der Waals surface area contributed by atoms with Gasteiger partial charge in [-0.3, -0.25) is 4.99 Å². The molecule has 3 atom stereocenters. The van der Waals surface area contributed by atoms with Crippen molar-refractivity contribution >= 4 is 28.7 Å². The highest BCUT2D eigenvalue weighted by Gasteiger charge is 2.19. The molecule has 1 heterocycles. The molecular weight excluding hydrogens is 212 g/mol. The molecule has 0 saturated heterocycles. The van der Waals surface area contributed by atoms with Crippen LogP contribution in [0.1, 0.15) is 27.2 Å². The Hall–Kier alpha value is 0.170. The van der Waals surface area contributed by atoms with E-state index in [1.807, 2.05) is 23.5 Å². The summed E-state index contributed by atoms with van der Waals surface area (Å²) in [6.07, 6.45) is 3.34. The van der Waals surface area contributed by atoms with Gasteiger partial charge in [0.05, 0.1) is 6.04 Å². The predicted molar refractivity (Wildman–Crippen MR) is 69.5 cm³/mol. The molecule has 0 fully saturated rings. The Morgan fingerprint density at radius 1 is 1.64 bits per heavy atom. The van der Waals surface area contributed by atoms with E-state index in [1.54, 1.807) is 0 Å². The maximum atomic E-state index is 4.61. The van der Waals surface area contributed by atoms with Gasteiger partial charge in [0.15, 0.2) is 5.17 Å². The van der Waals surface area contributed by atoms with Crippen molar-refractivity contribution in [2.24, 2.45) is 4.99 Å². The molecule has 0 saturated carbocycles. The second kappa shape index (κ2) is 5.91. The summed E-state index contributed by atoms with van der Waals surface area (Å²) in [7, 11) is 0. The second-order valence-corrected chi connectivity index (χ2v) is 6.29. The molecule has 0 aliphatic carbocycles. The van der Waals surface area contributed by atoms with Crippen molar-refractivity contribution in [3.8, 4) is 0 Å². The summed E-state index contributed by atoms with van der Waals surface area (Å²) in [4.78, 5) is 4.61. The van der Waals surface area contributed by atoms with Crippen LogP contribution in [0.25, 0.3) is 0 Å². The molecule has 3 unspecified atom stereocenters. The van der Waals surface area contributed by atoms with E-state index in [-0.39, 0.29) is 0 Å². The zero-order valence-electron chi connectivity index (χ0n) is 9.41. The van der Waals surface area contributed by atoms with Crippen molar-refractivity contribution in [2.75, 3.05) is 12.0 Å². The summed E-state index contributed by atoms with van der Waals surface area (Å²) in [5, 5.41) is 5.31. The van der Waals surface area contributed by atoms with E-state index in [4.69, 9.17) is 0 Å². The largest absolute Gasteiger partial charge is 0.362 e. The normalized spacial score (nSPS) is 29.6. The van der Waals surface area contributed by atoms with Crippen LogP contribution in [-0.4, -0.2) is 34.5 Å². The number of amidine groups is 1. The molecular formula is C10H20N2S2. The molecule has 2 nitrogen and oxygen atoms in total. The lowest BCUT2D eigenvalue weighted by Crippen LogP contribution is -2.36. The van der Waals surface area contributed by atoms with Crippen molar-refractivity contribution in [2.45, 2.75) is 44.5 Å². The number of nitrogens with one attached hydrogen (secondary N) is 1. The molecule has 1 N–H and O–H groups in total. The highest BCUT2D eigenvalue weighted by molar-refractivity contribution is 8.14. The zero-order chi connectivity index (χ0) is 10.6. The molecule has 0 aromatic carbocycles. The fourth-order valence-corrected chi connectivity index (χ4v) is 3.43. The van der Waals surface area contributed by atoms with Crippen molar-refractivity contribution in [3.63, 3.8) is 0 Å². The molecule has 1 rings (SSSR count). The number of hydrogen-bond donors (Lipinski definition) is 1. The van der Waals surface area contributed by atoms with Crippen LogP contribution < -0.4 is 5.32 Å². The minimum absolute atomic E-state index is 0.482. The van der Waals surface area contributed by atoms with Gasteiger partial charge in [-0.05, 0) is 26.5 Å². The van der Waals surface area contributed by atoms with Crippen LogP contribution in [0.2, 0.25) is 0 Å². The van der Waals surface area contributed by atoms with E-state index < -0.39 is 0 Å². The van der Waals surface area contributed by atoms with E-state index >= 15 is 0 Å². The summed E-state index contributed by atoms with van der Waals surface area (Å²) in [5.74, 6) is 1.14. The van der Waals surface area contributed by atoms with Crippen LogP contribution in [0, 0.1) is 0 Å². The Bertz CT molecular complexity index is 206. The Balaban J connectivity index is 2.43. The number of aliphatic imine (C=N–C) groups is 1. The lowest BCUT2D eigenvalue weighted by Gasteiger charge is -2.25. The van der Waals surface area contributed by atoms with Crippen molar-refractivity contribution < 1.29 is 0 Å². The molecule has 82 valence electrons. The van der Waals surface area contributed by atoms with Crippen LogP contribution in [-0.2, 0) is 0 Å². The molecule has 14 heavy (non-hydrogen) atoms. The van der Waals surface area contributed by atoms with Gasteiger partial charge in [-0.2, -0.15) is 11.8 Å². The first-order chi connectivity index (χ1) is 6.61. The van der Waals surface area contributed by atoms with Gasteiger partial charge in [0, 0.05) is 17.0 Å². The van der Waals surface area contributed by atoms with E-state index in [2.05, 4.69) is 37.3 Å². The smallest absolute Gasteiger partial charge is 0.157 e. The predicted octanol–water partition coefficient (Wildman–Crippen LogP) is 2.60. The molecule has 1 aliphatic heterocycles. The SMILES string of the molecule is CSCC(C)NC1=NC(C)CC(C)S1. The monoisotopic (exact) mass is 232 g/mol. The molecule has 1 aliphatic rings. The lowest BCUT2D eigenvalue weighted by molar-refractivity contribution is 0.647. The second-order valence-electron chi connectivity index (χ2n) is 3.95. The first kappa shape index (κ1) is 12.2. The molecule has 4 heteroatoms. The number of nitrogens with zero attached hydrogens (tertiary/aromatic N) is 1. The Labute approximate surface area is 95.7 Å². The van der Waals surface area contributed by atoms with E-state index in [0.717, 1.165) is 10.9 Å². The maximum Gasteiger partial charge on any atom is 0.157 e. The topological polar surface area (TPSA) is 24.4 Å². The van der Waals surface area contributed by atoms with Gasteiger partial charge in [0.25, 0.3) is 0 Å². The first-order valence-electron chi connectivity index (χ1n) is 5.11. The summed E-state index contributed by atoms with van der Waals surface area (Å²) in [6, 6.07) is 1.00. The summed E-state index contributed by atoms with van der Waals surface area (Å²) in [6.45, 7) is 6.68. The summed E-state index contributed by atoms with van der Waals surface area (Å²) < 4.78 is 0. The molecule has 0 bridgehead atoms. The average molecular weight is 232 g/mol. The third-order valence-corrected chi connectivity index (χ3v) is 3.98. The molecule has 0 radical (unpaired) electrons. The van der Waals surface area contributed by atoms with Gasteiger partial charge in [0.2, 0.25) is 0 Å². The maximum absolute atomic E-state index is 4.61. The molecule has 0 amide bonds. The first-order valence-corrected chi connectivity index (χ1v) is 7.39. The van der Waals surface area contributed by atoms with E-state index in [0.29, 0.717) is 17.3 Å². The fraction of sp³-hybridized carbons (Fsp3) is 0.900. The van der Waals surface area contributed by atoms with Gasteiger partial charge in [0.1, 0.15) is 0 Å². The summed E-state index contributed by atoms with van der Waals surface area (Å²) in [5.41, 5.74) is 0. The third-order valence-electron chi connectivity index (χ3n) is 2.11. The number of hydrogen-bond acceptors (Lipinski definition) is 4. The van der Waals surface area contributed by atoms with E-state index in [9.17, 15) is 0 Å². The van der Waals surface area contributed by atoms with E-state index in [1.165, 1.54) is 6.42 Å². The highest BCUT2D eigenvalue weighted by Crippen LogP contribution is 2.24. The Morgan fingerprint density at radius 3 is 2.93 bits per heavy atom. The van der Waals surface area contributed by atoms with Crippen LogP contribution in [0.4, 0.5) is 0 Å². The standard InChI is InChI=1S/C10H20N2S2/c1-7-5-9(3)14-10(11-7)12-8(2)6-13-4/h7-9H,5-6H2,1-4H3,(H,11,12). The van der Waals surface area contributed by atoms with Crippen molar-refractivity contribution in [3.05, 3.63) is 0 Å². The summed E-state index contributed by atoms with van der Waals surface area (Å²) >= 11 is 3.75. The Morgan fingerprint density at radius 2 is 2.36 bits per heavy atom. The Kier molecular flexibility index (Phi) is 5.17. The zero-order valence-corrected chi connectivity index (χ0v) is 11.0. The molecule has 0 aromatic heterocycles. The van der Waals surface area contributed by atoms with Crippen molar-refractivity contribution in [1.29, 1.82) is 0 Å². The van der Waals surface area contributed by atoms with Crippen LogP contribution in [0.15, 0.2) is 4.99 Å². The average Bonchev–Trinajstić information content (AvgIpc) is 2.01. The fourth-order valence-electron chi connectivity index (χ4n) is 1.58. The number of thioether (sulfide) groups is 2.